The van der Waals surface area contributed by atoms with Gasteiger partial charge in [0.05, 0.1) is 6.10 Å². The van der Waals surface area contributed by atoms with Crippen LogP contribution in [-0.4, -0.2) is 17.4 Å². The zero-order valence-corrected chi connectivity index (χ0v) is 22.5. The summed E-state index contributed by atoms with van der Waals surface area (Å²) in [5.41, 5.74) is 2.89. The average molecular weight is 497 g/mol. The van der Waals surface area contributed by atoms with Crippen LogP contribution in [0.3, 0.4) is 0 Å². The highest BCUT2D eigenvalue weighted by atomic mass is 31.2. The maximum Gasteiger partial charge on any atom is 0.128 e. The molecule has 2 fully saturated rings. The molecule has 2 saturated carbocycles. The second-order valence-corrected chi connectivity index (χ2v) is 14.5. The van der Waals surface area contributed by atoms with Crippen molar-refractivity contribution in [2.45, 2.75) is 82.6 Å². The first-order valence-electron chi connectivity index (χ1n) is 13.9. The Morgan fingerprint density at radius 3 is 1.72 bits per heavy atom. The van der Waals surface area contributed by atoms with Crippen molar-refractivity contribution in [3.05, 3.63) is 72.8 Å². The second kappa shape index (κ2) is 9.71. The van der Waals surface area contributed by atoms with Crippen molar-refractivity contribution in [1.82, 2.24) is 0 Å². The second-order valence-electron chi connectivity index (χ2n) is 11.1. The van der Waals surface area contributed by atoms with Gasteiger partial charge in [-0.2, -0.15) is 0 Å². The SMILES string of the molecule is CC(C)Oc1ccc2ccccc2c1-c1c(P(=O)(C2CCCC2)C2CCCC2)ccc2ccccc12. The summed E-state index contributed by atoms with van der Waals surface area (Å²) < 4.78 is 22.2. The molecule has 0 amide bonds. The summed E-state index contributed by atoms with van der Waals surface area (Å²) in [6, 6.07) is 26.0. The Morgan fingerprint density at radius 2 is 1.17 bits per heavy atom. The molecule has 6 rings (SSSR count). The number of hydrogen-bond acceptors (Lipinski definition) is 2. The first-order valence-corrected chi connectivity index (χ1v) is 15.7. The molecule has 0 saturated heterocycles. The van der Waals surface area contributed by atoms with E-state index in [0.717, 1.165) is 47.9 Å². The molecule has 0 radical (unpaired) electrons. The maximum atomic E-state index is 15.7. The van der Waals surface area contributed by atoms with Gasteiger partial charge in [0, 0.05) is 27.7 Å². The minimum absolute atomic E-state index is 0.0554. The van der Waals surface area contributed by atoms with Gasteiger partial charge in [-0.05, 0) is 67.1 Å². The molecule has 0 aliphatic heterocycles. The summed E-state index contributed by atoms with van der Waals surface area (Å²) in [6.07, 6.45) is 9.30. The minimum atomic E-state index is -2.66. The van der Waals surface area contributed by atoms with Gasteiger partial charge in [-0.3, -0.25) is 0 Å². The van der Waals surface area contributed by atoms with Crippen LogP contribution in [0.25, 0.3) is 32.7 Å². The lowest BCUT2D eigenvalue weighted by Crippen LogP contribution is -2.25. The summed E-state index contributed by atoms with van der Waals surface area (Å²) in [5, 5.41) is 5.88. The molecule has 2 aliphatic rings. The largest absolute Gasteiger partial charge is 0.490 e. The number of fused-ring (bicyclic) bond motifs is 2. The molecule has 2 aliphatic carbocycles. The van der Waals surface area contributed by atoms with Crippen LogP contribution in [0.4, 0.5) is 0 Å². The van der Waals surface area contributed by atoms with Crippen LogP contribution in [0.5, 0.6) is 5.75 Å². The van der Waals surface area contributed by atoms with Crippen molar-refractivity contribution in [3.8, 4) is 16.9 Å². The molecular weight excluding hydrogens is 459 g/mol. The Balaban J connectivity index is 1.73. The lowest BCUT2D eigenvalue weighted by Gasteiger charge is -2.33. The van der Waals surface area contributed by atoms with E-state index < -0.39 is 7.14 Å². The Labute approximate surface area is 215 Å². The molecule has 0 bridgehead atoms. The molecule has 0 aromatic heterocycles. The molecule has 0 N–H and O–H groups in total. The van der Waals surface area contributed by atoms with E-state index in [-0.39, 0.29) is 6.10 Å². The highest BCUT2D eigenvalue weighted by Crippen LogP contribution is 2.64. The summed E-state index contributed by atoms with van der Waals surface area (Å²) in [6.45, 7) is 4.18. The van der Waals surface area contributed by atoms with Gasteiger partial charge in [0.2, 0.25) is 0 Å². The molecule has 0 spiro atoms. The zero-order valence-electron chi connectivity index (χ0n) is 21.6. The van der Waals surface area contributed by atoms with Crippen LogP contribution in [-0.2, 0) is 4.57 Å². The Morgan fingerprint density at radius 1 is 0.667 bits per heavy atom. The van der Waals surface area contributed by atoms with Crippen molar-refractivity contribution >= 4 is 34.0 Å². The number of benzene rings is 4. The number of hydrogen-bond donors (Lipinski definition) is 0. The third-order valence-electron chi connectivity index (χ3n) is 8.52. The molecule has 0 heterocycles. The molecule has 3 heteroatoms. The van der Waals surface area contributed by atoms with Gasteiger partial charge in [0.25, 0.3) is 0 Å². The molecule has 4 aromatic carbocycles. The lowest BCUT2D eigenvalue weighted by atomic mass is 9.93. The van der Waals surface area contributed by atoms with Gasteiger partial charge in [0.15, 0.2) is 0 Å². The average Bonchev–Trinajstić information content (AvgIpc) is 3.63. The highest BCUT2D eigenvalue weighted by Gasteiger charge is 2.45. The number of rotatable bonds is 6. The van der Waals surface area contributed by atoms with E-state index in [4.69, 9.17) is 4.74 Å². The van der Waals surface area contributed by atoms with Gasteiger partial charge in [-0.25, -0.2) is 0 Å². The van der Waals surface area contributed by atoms with Crippen molar-refractivity contribution in [2.24, 2.45) is 0 Å². The fourth-order valence-electron chi connectivity index (χ4n) is 6.94. The Bertz CT molecular complexity index is 1420. The van der Waals surface area contributed by atoms with Crippen LogP contribution in [0, 0.1) is 0 Å². The molecule has 2 nitrogen and oxygen atoms in total. The molecule has 36 heavy (non-hydrogen) atoms. The summed E-state index contributed by atoms with van der Waals surface area (Å²) in [7, 11) is -2.66. The monoisotopic (exact) mass is 496 g/mol. The third kappa shape index (κ3) is 3.99. The molecular formula is C33H37O2P. The topological polar surface area (TPSA) is 26.3 Å². The van der Waals surface area contributed by atoms with Gasteiger partial charge < -0.3 is 9.30 Å². The predicted molar refractivity (Wildman–Crippen MR) is 154 cm³/mol. The zero-order chi connectivity index (χ0) is 24.7. The predicted octanol–water partition coefficient (Wildman–Crippen LogP) is 9.32. The van der Waals surface area contributed by atoms with Crippen molar-refractivity contribution in [1.29, 1.82) is 0 Å². The van der Waals surface area contributed by atoms with E-state index in [1.807, 2.05) is 0 Å². The Hall–Kier alpha value is -2.57. The van der Waals surface area contributed by atoms with Gasteiger partial charge in [-0.1, -0.05) is 92.4 Å². The van der Waals surface area contributed by atoms with E-state index >= 15 is 4.57 Å². The van der Waals surface area contributed by atoms with Gasteiger partial charge in [-0.15, -0.1) is 0 Å². The molecule has 4 aromatic rings. The normalized spacial score (nSPS) is 17.5. The van der Waals surface area contributed by atoms with E-state index in [1.165, 1.54) is 47.2 Å². The lowest BCUT2D eigenvalue weighted by molar-refractivity contribution is 0.244. The fraction of sp³-hybridized carbons (Fsp3) is 0.394. The first-order chi connectivity index (χ1) is 17.6. The smallest absolute Gasteiger partial charge is 0.128 e. The summed E-state index contributed by atoms with van der Waals surface area (Å²) >= 11 is 0. The third-order valence-corrected chi connectivity index (χ3v) is 12.8. The van der Waals surface area contributed by atoms with E-state index in [9.17, 15) is 0 Å². The van der Waals surface area contributed by atoms with Crippen molar-refractivity contribution < 1.29 is 9.30 Å². The molecule has 186 valence electrons. The van der Waals surface area contributed by atoms with Crippen LogP contribution < -0.4 is 10.0 Å². The Kier molecular flexibility index (Phi) is 6.42. The van der Waals surface area contributed by atoms with Crippen LogP contribution in [0.1, 0.15) is 65.2 Å². The summed E-state index contributed by atoms with van der Waals surface area (Å²) in [5.74, 6) is 0.894. The molecule has 0 atom stereocenters. The van der Waals surface area contributed by atoms with Crippen molar-refractivity contribution in [3.63, 3.8) is 0 Å². The van der Waals surface area contributed by atoms with E-state index in [0.29, 0.717) is 11.3 Å². The first kappa shape index (κ1) is 23.8. The van der Waals surface area contributed by atoms with Crippen LogP contribution >= 0.6 is 7.14 Å². The standard InChI is InChI=1S/C33H37O2P/c1-23(2)35-30-21-19-24-11-3-9-17-28(24)32(30)33-29-18-10-4-12-25(29)20-22-31(33)36(34,26-13-5-6-14-26)27-15-7-8-16-27/h3-4,9-12,17-23,26-27H,5-8,13-16H2,1-2H3. The van der Waals surface area contributed by atoms with Gasteiger partial charge >= 0.3 is 0 Å². The molecule has 0 unspecified atom stereocenters. The maximum absolute atomic E-state index is 15.7. The minimum Gasteiger partial charge on any atom is -0.490 e. The van der Waals surface area contributed by atoms with E-state index in [2.05, 4.69) is 86.6 Å². The summed E-state index contributed by atoms with van der Waals surface area (Å²) in [4.78, 5) is 0. The quantitative estimate of drug-likeness (QED) is 0.249. The highest BCUT2D eigenvalue weighted by molar-refractivity contribution is 7.73. The fourth-order valence-corrected chi connectivity index (χ4v) is 11.5. The number of ether oxygens (including phenoxy) is 1. The van der Waals surface area contributed by atoms with Crippen LogP contribution in [0.2, 0.25) is 0 Å². The van der Waals surface area contributed by atoms with Gasteiger partial charge in [0.1, 0.15) is 12.9 Å². The van der Waals surface area contributed by atoms with Crippen molar-refractivity contribution in [2.75, 3.05) is 0 Å². The van der Waals surface area contributed by atoms with Crippen LogP contribution in [0.15, 0.2) is 72.8 Å². The van der Waals surface area contributed by atoms with E-state index in [1.54, 1.807) is 0 Å².